The van der Waals surface area contributed by atoms with Crippen LogP contribution in [0.3, 0.4) is 0 Å². The Morgan fingerprint density at radius 2 is 2.18 bits per heavy atom. The molecule has 1 N–H and O–H groups in total. The van der Waals surface area contributed by atoms with Crippen LogP contribution in [0.1, 0.15) is 25.5 Å². The summed E-state index contributed by atoms with van der Waals surface area (Å²) in [4.78, 5) is 22.6. The fourth-order valence-electron chi connectivity index (χ4n) is 1.46. The summed E-state index contributed by atoms with van der Waals surface area (Å²) in [5.74, 6) is 2.12. The standard InChI is InChI=1S/C10H12IN5O/c1-3-6-14-7(4-2)16(15-6)9-8(11)10(17)13-5-12-9/h5H,3-4H2,1-2H3,(H,12,13,17). The van der Waals surface area contributed by atoms with Crippen LogP contribution in [-0.4, -0.2) is 24.7 Å². The second-order valence-electron chi connectivity index (χ2n) is 3.43. The third kappa shape index (κ3) is 2.24. The molecule has 0 amide bonds. The molecule has 6 nitrogen and oxygen atoms in total. The number of aromatic amines is 1. The van der Waals surface area contributed by atoms with Crippen LogP contribution in [0.15, 0.2) is 11.1 Å². The third-order valence-electron chi connectivity index (χ3n) is 2.33. The number of aromatic nitrogens is 5. The van der Waals surface area contributed by atoms with Gasteiger partial charge in [-0.15, -0.1) is 5.10 Å². The van der Waals surface area contributed by atoms with Crippen LogP contribution in [-0.2, 0) is 12.8 Å². The van der Waals surface area contributed by atoms with E-state index in [0.29, 0.717) is 9.39 Å². The van der Waals surface area contributed by atoms with Crippen LogP contribution in [0.25, 0.3) is 5.82 Å². The molecule has 0 bridgehead atoms. The Balaban J connectivity index is 2.63. The van der Waals surface area contributed by atoms with Gasteiger partial charge in [-0.05, 0) is 22.6 Å². The zero-order valence-corrected chi connectivity index (χ0v) is 11.7. The number of aryl methyl sites for hydroxylation is 2. The molecule has 2 aromatic rings. The fourth-order valence-corrected chi connectivity index (χ4v) is 1.98. The van der Waals surface area contributed by atoms with Gasteiger partial charge in [-0.25, -0.2) is 9.97 Å². The molecule has 0 unspecified atom stereocenters. The van der Waals surface area contributed by atoms with E-state index in [2.05, 4.69) is 20.1 Å². The van der Waals surface area contributed by atoms with E-state index in [1.165, 1.54) is 6.33 Å². The average molecular weight is 345 g/mol. The van der Waals surface area contributed by atoms with Crippen molar-refractivity contribution in [2.75, 3.05) is 0 Å². The second-order valence-corrected chi connectivity index (χ2v) is 4.51. The number of hydrogen-bond donors (Lipinski definition) is 1. The number of nitrogens with zero attached hydrogens (tertiary/aromatic N) is 4. The van der Waals surface area contributed by atoms with Crippen molar-refractivity contribution >= 4 is 22.6 Å². The molecule has 2 rings (SSSR count). The first-order chi connectivity index (χ1) is 8.17. The maximum absolute atomic E-state index is 11.5. The van der Waals surface area contributed by atoms with Crippen molar-refractivity contribution in [2.24, 2.45) is 0 Å². The van der Waals surface area contributed by atoms with Crippen LogP contribution in [0.5, 0.6) is 0 Å². The highest BCUT2D eigenvalue weighted by molar-refractivity contribution is 14.1. The summed E-state index contributed by atoms with van der Waals surface area (Å²) in [6.07, 6.45) is 2.89. The maximum atomic E-state index is 11.5. The van der Waals surface area contributed by atoms with Gasteiger partial charge in [0, 0.05) is 12.8 Å². The number of H-pyrrole nitrogens is 1. The maximum Gasteiger partial charge on any atom is 0.266 e. The molecular weight excluding hydrogens is 333 g/mol. The van der Waals surface area contributed by atoms with Gasteiger partial charge in [-0.3, -0.25) is 4.79 Å². The van der Waals surface area contributed by atoms with Gasteiger partial charge >= 0.3 is 0 Å². The lowest BCUT2D eigenvalue weighted by atomic mass is 10.4. The van der Waals surface area contributed by atoms with Crippen LogP contribution >= 0.6 is 22.6 Å². The molecule has 0 atom stereocenters. The minimum absolute atomic E-state index is 0.161. The van der Waals surface area contributed by atoms with E-state index >= 15 is 0 Å². The van der Waals surface area contributed by atoms with Crippen molar-refractivity contribution in [1.29, 1.82) is 0 Å². The van der Waals surface area contributed by atoms with Crippen molar-refractivity contribution < 1.29 is 0 Å². The first kappa shape index (κ1) is 12.2. The summed E-state index contributed by atoms with van der Waals surface area (Å²) >= 11 is 1.97. The van der Waals surface area contributed by atoms with E-state index in [4.69, 9.17) is 0 Å². The molecule has 2 aromatic heterocycles. The molecule has 0 aliphatic carbocycles. The molecule has 0 saturated carbocycles. The van der Waals surface area contributed by atoms with Crippen molar-refractivity contribution in [3.8, 4) is 5.82 Å². The SMILES string of the molecule is CCc1nc(CC)n(-c2nc[nH]c(=O)c2I)n1. The van der Waals surface area contributed by atoms with Crippen LogP contribution in [0.2, 0.25) is 0 Å². The quantitative estimate of drug-likeness (QED) is 0.845. The van der Waals surface area contributed by atoms with E-state index in [0.717, 1.165) is 24.5 Å². The summed E-state index contributed by atoms with van der Waals surface area (Å²) in [7, 11) is 0. The van der Waals surface area contributed by atoms with Gasteiger partial charge in [0.15, 0.2) is 11.6 Å². The number of hydrogen-bond acceptors (Lipinski definition) is 4. The molecule has 0 aromatic carbocycles. The van der Waals surface area contributed by atoms with E-state index < -0.39 is 0 Å². The summed E-state index contributed by atoms with van der Waals surface area (Å²) in [6, 6.07) is 0. The van der Waals surface area contributed by atoms with Gasteiger partial charge in [0.05, 0.1) is 6.33 Å². The zero-order valence-electron chi connectivity index (χ0n) is 9.57. The van der Waals surface area contributed by atoms with Crippen molar-refractivity contribution in [3.63, 3.8) is 0 Å². The number of rotatable bonds is 3. The molecule has 0 aliphatic rings. The van der Waals surface area contributed by atoms with Crippen molar-refractivity contribution in [3.05, 3.63) is 31.9 Å². The lowest BCUT2D eigenvalue weighted by Gasteiger charge is -2.03. The molecule has 2 heterocycles. The van der Waals surface area contributed by atoms with E-state index in [1.54, 1.807) is 4.68 Å². The van der Waals surface area contributed by atoms with Crippen molar-refractivity contribution in [1.82, 2.24) is 24.7 Å². The fraction of sp³-hybridized carbons (Fsp3) is 0.400. The van der Waals surface area contributed by atoms with Gasteiger partial charge in [0.2, 0.25) is 0 Å². The summed E-state index contributed by atoms with van der Waals surface area (Å²) in [6.45, 7) is 4.00. The van der Waals surface area contributed by atoms with Crippen LogP contribution < -0.4 is 5.56 Å². The Labute approximate surface area is 112 Å². The van der Waals surface area contributed by atoms with Gasteiger partial charge in [-0.2, -0.15) is 4.68 Å². The largest absolute Gasteiger partial charge is 0.312 e. The number of halogens is 1. The molecule has 0 radical (unpaired) electrons. The highest BCUT2D eigenvalue weighted by atomic mass is 127. The Kier molecular flexibility index (Phi) is 3.55. The van der Waals surface area contributed by atoms with Gasteiger partial charge in [0.25, 0.3) is 5.56 Å². The molecular formula is C10H12IN5O. The molecule has 7 heteroatoms. The summed E-state index contributed by atoms with van der Waals surface area (Å²) < 4.78 is 2.17. The highest BCUT2D eigenvalue weighted by Gasteiger charge is 2.14. The molecule has 0 saturated heterocycles. The summed E-state index contributed by atoms with van der Waals surface area (Å²) in [5, 5.41) is 4.36. The van der Waals surface area contributed by atoms with E-state index in [-0.39, 0.29) is 5.56 Å². The van der Waals surface area contributed by atoms with Crippen molar-refractivity contribution in [2.45, 2.75) is 26.7 Å². The Bertz CT molecular complexity index is 589. The first-order valence-corrected chi connectivity index (χ1v) is 6.43. The van der Waals surface area contributed by atoms with Gasteiger partial charge < -0.3 is 4.98 Å². The minimum Gasteiger partial charge on any atom is -0.312 e. The predicted molar refractivity (Wildman–Crippen MR) is 71.2 cm³/mol. The first-order valence-electron chi connectivity index (χ1n) is 5.35. The third-order valence-corrected chi connectivity index (χ3v) is 3.30. The Morgan fingerprint density at radius 1 is 1.41 bits per heavy atom. The summed E-state index contributed by atoms with van der Waals surface area (Å²) in [5.41, 5.74) is -0.161. The minimum atomic E-state index is -0.161. The van der Waals surface area contributed by atoms with E-state index in [9.17, 15) is 4.79 Å². The molecule has 17 heavy (non-hydrogen) atoms. The normalized spacial score (nSPS) is 10.8. The lowest BCUT2D eigenvalue weighted by Crippen LogP contribution is -2.17. The average Bonchev–Trinajstić information content (AvgIpc) is 2.76. The topological polar surface area (TPSA) is 76.5 Å². The van der Waals surface area contributed by atoms with Crippen LogP contribution in [0.4, 0.5) is 0 Å². The number of nitrogens with one attached hydrogen (secondary N) is 1. The Hall–Kier alpha value is -1.25. The monoisotopic (exact) mass is 345 g/mol. The van der Waals surface area contributed by atoms with Gasteiger partial charge in [-0.1, -0.05) is 13.8 Å². The Morgan fingerprint density at radius 3 is 2.82 bits per heavy atom. The highest BCUT2D eigenvalue weighted by Crippen LogP contribution is 2.12. The molecule has 0 aliphatic heterocycles. The molecule has 90 valence electrons. The van der Waals surface area contributed by atoms with E-state index in [1.807, 2.05) is 36.4 Å². The predicted octanol–water partition coefficient (Wildman–Crippen LogP) is 1.08. The van der Waals surface area contributed by atoms with Crippen LogP contribution in [0, 0.1) is 3.57 Å². The second kappa shape index (κ2) is 4.94. The lowest BCUT2D eigenvalue weighted by molar-refractivity contribution is 0.758. The molecule has 0 fully saturated rings. The smallest absolute Gasteiger partial charge is 0.266 e. The zero-order chi connectivity index (χ0) is 12.4. The van der Waals surface area contributed by atoms with Gasteiger partial charge in [0.1, 0.15) is 9.39 Å². The molecule has 0 spiro atoms.